The number of carbonyl (C=O) groups excluding carboxylic acids is 1. The molecule has 0 amide bonds. The lowest BCUT2D eigenvalue weighted by Crippen LogP contribution is -2.31. The van der Waals surface area contributed by atoms with Crippen molar-refractivity contribution in [3.8, 4) is 0 Å². The second-order valence-corrected chi connectivity index (χ2v) is 7.05. The van der Waals surface area contributed by atoms with Gasteiger partial charge in [-0.15, -0.1) is 11.6 Å². The molecule has 0 unspecified atom stereocenters. The van der Waals surface area contributed by atoms with E-state index in [1.54, 1.807) is 0 Å². The van der Waals surface area contributed by atoms with Gasteiger partial charge in [-0.25, -0.2) is 4.79 Å². The number of esters is 1. The first-order chi connectivity index (χ1) is 10.5. The summed E-state index contributed by atoms with van der Waals surface area (Å²) in [6.07, 6.45) is -0.577. The highest BCUT2D eigenvalue weighted by molar-refractivity contribution is 6.58. The Morgan fingerprint density at radius 3 is 2.09 bits per heavy atom. The Morgan fingerprint density at radius 2 is 1.50 bits per heavy atom. The number of benzene rings is 2. The van der Waals surface area contributed by atoms with Gasteiger partial charge >= 0.3 is 5.97 Å². The zero-order chi connectivity index (χ0) is 15.7. The highest BCUT2D eigenvalue weighted by Crippen LogP contribution is 2.55. The van der Waals surface area contributed by atoms with Crippen molar-refractivity contribution in [1.82, 2.24) is 0 Å². The minimum Gasteiger partial charge on any atom is -0.455 e. The summed E-state index contributed by atoms with van der Waals surface area (Å²) >= 11 is 19.2. The predicted molar refractivity (Wildman–Crippen MR) is 88.2 cm³/mol. The zero-order valence-corrected chi connectivity index (χ0v) is 13.7. The molecule has 22 heavy (non-hydrogen) atoms. The van der Waals surface area contributed by atoms with Crippen LogP contribution >= 0.6 is 34.8 Å². The van der Waals surface area contributed by atoms with Crippen LogP contribution in [0.4, 0.5) is 0 Å². The largest absolute Gasteiger partial charge is 0.455 e. The SMILES string of the molecule is O=C1O[C@@H](c2ccccc2)[C@H]([C@@H](Cl)c2ccccc2)C1(Cl)Cl. The van der Waals surface area contributed by atoms with E-state index in [0.29, 0.717) is 0 Å². The second-order valence-electron chi connectivity index (χ2n) is 5.20. The Labute approximate surface area is 143 Å². The molecule has 0 N–H and O–H groups in total. The van der Waals surface area contributed by atoms with Crippen LogP contribution in [0.1, 0.15) is 22.6 Å². The monoisotopic (exact) mass is 354 g/mol. The van der Waals surface area contributed by atoms with Gasteiger partial charge in [-0.2, -0.15) is 0 Å². The van der Waals surface area contributed by atoms with Gasteiger partial charge in [0.2, 0.25) is 4.33 Å². The summed E-state index contributed by atoms with van der Waals surface area (Å²) in [4.78, 5) is 12.1. The first-order valence-electron chi connectivity index (χ1n) is 6.84. The van der Waals surface area contributed by atoms with E-state index in [-0.39, 0.29) is 0 Å². The molecule has 3 atom stereocenters. The fourth-order valence-corrected chi connectivity index (χ4v) is 3.86. The van der Waals surface area contributed by atoms with Crippen molar-refractivity contribution in [1.29, 1.82) is 0 Å². The fourth-order valence-electron chi connectivity index (χ4n) is 2.69. The first-order valence-corrected chi connectivity index (χ1v) is 8.04. The Kier molecular flexibility index (Phi) is 4.35. The number of hydrogen-bond donors (Lipinski definition) is 0. The minimum absolute atomic E-state index is 0.548. The van der Waals surface area contributed by atoms with Crippen molar-refractivity contribution in [3.63, 3.8) is 0 Å². The predicted octanol–water partition coefficient (Wildman–Crippen LogP) is 5.05. The van der Waals surface area contributed by atoms with E-state index < -0.39 is 27.7 Å². The molecule has 5 heteroatoms. The number of cyclic esters (lactones) is 1. The van der Waals surface area contributed by atoms with E-state index >= 15 is 0 Å². The topological polar surface area (TPSA) is 26.3 Å². The molecule has 0 bridgehead atoms. The standard InChI is InChI=1S/C17H13Cl3O2/c18-14(11-7-3-1-4-8-11)13-15(12-9-5-2-6-10-12)22-16(21)17(13,19)20/h1-10,13-15H/t13-,14-,15-/m0/s1. The molecular formula is C17H13Cl3O2. The number of ether oxygens (including phenoxy) is 1. The molecule has 2 nitrogen and oxygen atoms in total. The number of carbonyl (C=O) groups is 1. The Bertz CT molecular complexity index is 658. The Balaban J connectivity index is 2.02. The minimum atomic E-state index is -1.68. The number of rotatable bonds is 3. The van der Waals surface area contributed by atoms with Crippen LogP contribution in [0.5, 0.6) is 0 Å². The Hall–Kier alpha value is -1.22. The molecular weight excluding hydrogens is 343 g/mol. The molecule has 3 rings (SSSR count). The van der Waals surface area contributed by atoms with Gasteiger partial charge in [0, 0.05) is 0 Å². The van der Waals surface area contributed by atoms with Crippen LogP contribution in [0.2, 0.25) is 0 Å². The third kappa shape index (κ3) is 2.71. The molecule has 1 aliphatic heterocycles. The summed E-state index contributed by atoms with van der Waals surface area (Å²) in [6.45, 7) is 0. The summed E-state index contributed by atoms with van der Waals surface area (Å²) in [5, 5.41) is -0.548. The van der Waals surface area contributed by atoms with Gasteiger partial charge in [0.15, 0.2) is 0 Å². The van der Waals surface area contributed by atoms with E-state index in [0.717, 1.165) is 11.1 Å². The first kappa shape index (κ1) is 15.7. The molecule has 1 aliphatic rings. The van der Waals surface area contributed by atoms with Crippen molar-refractivity contribution in [2.75, 3.05) is 0 Å². The summed E-state index contributed by atoms with van der Waals surface area (Å²) < 4.78 is 3.75. The number of alkyl halides is 3. The van der Waals surface area contributed by atoms with E-state index in [9.17, 15) is 4.79 Å². The van der Waals surface area contributed by atoms with Gasteiger partial charge in [0.25, 0.3) is 0 Å². The van der Waals surface area contributed by atoms with Crippen molar-refractivity contribution in [2.24, 2.45) is 5.92 Å². The van der Waals surface area contributed by atoms with E-state index in [2.05, 4.69) is 0 Å². The molecule has 2 aromatic rings. The van der Waals surface area contributed by atoms with Crippen LogP contribution in [0.3, 0.4) is 0 Å². The molecule has 1 fully saturated rings. The highest BCUT2D eigenvalue weighted by atomic mass is 35.5. The van der Waals surface area contributed by atoms with Gasteiger partial charge < -0.3 is 4.74 Å². The normalized spacial score (nSPS) is 24.8. The van der Waals surface area contributed by atoms with Crippen molar-refractivity contribution in [2.45, 2.75) is 15.8 Å². The molecule has 114 valence electrons. The maximum absolute atomic E-state index is 12.1. The smallest absolute Gasteiger partial charge is 0.343 e. The highest BCUT2D eigenvalue weighted by Gasteiger charge is 2.58. The lowest BCUT2D eigenvalue weighted by atomic mass is 9.88. The molecule has 1 saturated heterocycles. The van der Waals surface area contributed by atoms with Crippen LogP contribution < -0.4 is 0 Å². The van der Waals surface area contributed by atoms with Crippen LogP contribution in [0.15, 0.2) is 60.7 Å². The van der Waals surface area contributed by atoms with E-state index in [1.165, 1.54) is 0 Å². The molecule has 0 aromatic heterocycles. The average Bonchev–Trinajstić information content (AvgIpc) is 2.78. The van der Waals surface area contributed by atoms with Gasteiger partial charge in [-0.05, 0) is 11.1 Å². The molecule has 0 saturated carbocycles. The van der Waals surface area contributed by atoms with Crippen LogP contribution in [-0.2, 0) is 9.53 Å². The summed E-state index contributed by atoms with van der Waals surface area (Å²) in [5.74, 6) is -1.24. The molecule has 0 radical (unpaired) electrons. The Morgan fingerprint density at radius 1 is 0.955 bits per heavy atom. The molecule has 1 heterocycles. The molecule has 0 spiro atoms. The maximum Gasteiger partial charge on any atom is 0.343 e. The number of halogens is 3. The lowest BCUT2D eigenvalue weighted by molar-refractivity contribution is -0.142. The van der Waals surface area contributed by atoms with E-state index in [4.69, 9.17) is 39.5 Å². The van der Waals surface area contributed by atoms with Gasteiger partial charge in [0.1, 0.15) is 6.10 Å². The lowest BCUT2D eigenvalue weighted by Gasteiger charge is -2.27. The molecule has 0 aliphatic carbocycles. The fraction of sp³-hybridized carbons (Fsp3) is 0.235. The average molecular weight is 356 g/mol. The van der Waals surface area contributed by atoms with Crippen LogP contribution in [0, 0.1) is 5.92 Å². The quantitative estimate of drug-likeness (QED) is 0.568. The maximum atomic E-state index is 12.1. The summed E-state index contributed by atoms with van der Waals surface area (Å²) in [5.41, 5.74) is 1.67. The van der Waals surface area contributed by atoms with E-state index in [1.807, 2.05) is 60.7 Å². The van der Waals surface area contributed by atoms with Crippen molar-refractivity contribution in [3.05, 3.63) is 71.8 Å². The summed E-state index contributed by atoms with van der Waals surface area (Å²) in [7, 11) is 0. The van der Waals surface area contributed by atoms with Gasteiger partial charge in [0.05, 0.1) is 11.3 Å². The molecule has 2 aromatic carbocycles. The van der Waals surface area contributed by atoms with Crippen molar-refractivity contribution < 1.29 is 9.53 Å². The third-order valence-corrected chi connectivity index (χ3v) is 5.15. The third-order valence-electron chi connectivity index (χ3n) is 3.81. The zero-order valence-electron chi connectivity index (χ0n) is 11.5. The number of hydrogen-bond acceptors (Lipinski definition) is 2. The van der Waals surface area contributed by atoms with Crippen molar-refractivity contribution >= 4 is 40.8 Å². The van der Waals surface area contributed by atoms with Gasteiger partial charge in [-0.1, -0.05) is 83.9 Å². The van der Waals surface area contributed by atoms with Crippen LogP contribution in [0.25, 0.3) is 0 Å². The van der Waals surface area contributed by atoms with Gasteiger partial charge in [-0.3, -0.25) is 0 Å². The second kappa shape index (κ2) is 6.11. The summed E-state index contributed by atoms with van der Waals surface area (Å²) in [6, 6.07) is 18.8. The van der Waals surface area contributed by atoms with Crippen LogP contribution in [-0.4, -0.2) is 10.3 Å².